The topological polar surface area (TPSA) is 53.5 Å². The van der Waals surface area contributed by atoms with Gasteiger partial charge in [0.1, 0.15) is 17.4 Å². The van der Waals surface area contributed by atoms with Crippen molar-refractivity contribution < 1.29 is 9.13 Å². The van der Waals surface area contributed by atoms with Crippen molar-refractivity contribution in [3.63, 3.8) is 0 Å². The van der Waals surface area contributed by atoms with Crippen molar-refractivity contribution in [2.24, 2.45) is 0 Å². The molecule has 1 aromatic heterocycles. The number of hydrogen-bond acceptors (Lipinski definition) is 6. The molecule has 1 aliphatic rings. The molecule has 0 atom stereocenters. The SMILES string of the molecule is COc1ccc(Nc2nc(N3CCN(c4ccccc4F)CC3)nc3ccccc23)cc1. The minimum atomic E-state index is -0.186. The minimum Gasteiger partial charge on any atom is -0.497 e. The van der Waals surface area contributed by atoms with Gasteiger partial charge in [0.25, 0.3) is 0 Å². The monoisotopic (exact) mass is 429 g/mol. The summed E-state index contributed by atoms with van der Waals surface area (Å²) in [4.78, 5) is 13.9. The van der Waals surface area contributed by atoms with Crippen LogP contribution in [0.3, 0.4) is 0 Å². The first-order chi connectivity index (χ1) is 15.7. The van der Waals surface area contributed by atoms with Crippen LogP contribution < -0.4 is 19.9 Å². The van der Waals surface area contributed by atoms with E-state index < -0.39 is 0 Å². The molecule has 0 aliphatic carbocycles. The second-order valence-electron chi connectivity index (χ2n) is 7.67. The van der Waals surface area contributed by atoms with Crippen LogP contribution in [-0.2, 0) is 0 Å². The van der Waals surface area contributed by atoms with Gasteiger partial charge in [0.15, 0.2) is 0 Å². The number of para-hydroxylation sites is 2. The van der Waals surface area contributed by atoms with Gasteiger partial charge in [-0.15, -0.1) is 0 Å². The van der Waals surface area contributed by atoms with Gasteiger partial charge in [-0.2, -0.15) is 4.98 Å². The Morgan fingerprint density at radius 1 is 0.812 bits per heavy atom. The lowest BCUT2D eigenvalue weighted by molar-refractivity contribution is 0.415. The summed E-state index contributed by atoms with van der Waals surface area (Å²) in [5.41, 5.74) is 2.45. The number of methoxy groups -OCH3 is 1. The van der Waals surface area contributed by atoms with Gasteiger partial charge < -0.3 is 19.9 Å². The molecule has 4 aromatic rings. The van der Waals surface area contributed by atoms with Gasteiger partial charge in [-0.3, -0.25) is 0 Å². The zero-order valence-electron chi connectivity index (χ0n) is 17.8. The number of halogens is 1. The van der Waals surface area contributed by atoms with Gasteiger partial charge in [0.05, 0.1) is 18.3 Å². The molecular formula is C25H24FN5O. The standard InChI is InChI=1S/C25H24FN5O/c1-32-19-12-10-18(11-13-19)27-24-20-6-2-4-8-22(20)28-25(29-24)31-16-14-30(15-17-31)23-9-5-3-7-21(23)26/h2-13H,14-17H2,1H3,(H,27,28,29). The number of nitrogens with zero attached hydrogens (tertiary/aromatic N) is 4. The third-order valence-electron chi connectivity index (χ3n) is 5.70. The smallest absolute Gasteiger partial charge is 0.228 e. The summed E-state index contributed by atoms with van der Waals surface area (Å²) in [7, 11) is 1.65. The lowest BCUT2D eigenvalue weighted by Crippen LogP contribution is -2.47. The van der Waals surface area contributed by atoms with Crippen LogP contribution in [0.15, 0.2) is 72.8 Å². The Morgan fingerprint density at radius 3 is 2.25 bits per heavy atom. The van der Waals surface area contributed by atoms with Crippen molar-refractivity contribution in [2.45, 2.75) is 0 Å². The molecule has 1 aliphatic heterocycles. The molecule has 7 heteroatoms. The second kappa shape index (κ2) is 8.70. The Morgan fingerprint density at radius 2 is 1.50 bits per heavy atom. The van der Waals surface area contributed by atoms with E-state index >= 15 is 0 Å². The summed E-state index contributed by atoms with van der Waals surface area (Å²) < 4.78 is 19.4. The average molecular weight is 429 g/mol. The van der Waals surface area contributed by atoms with Crippen LogP contribution in [0.4, 0.5) is 27.5 Å². The highest BCUT2D eigenvalue weighted by molar-refractivity contribution is 5.91. The van der Waals surface area contributed by atoms with Gasteiger partial charge >= 0.3 is 0 Å². The highest BCUT2D eigenvalue weighted by atomic mass is 19.1. The van der Waals surface area contributed by atoms with Gasteiger partial charge in [0.2, 0.25) is 5.95 Å². The summed E-state index contributed by atoms with van der Waals surface area (Å²) in [5.74, 6) is 2.05. The molecule has 32 heavy (non-hydrogen) atoms. The van der Waals surface area contributed by atoms with Crippen LogP contribution >= 0.6 is 0 Å². The van der Waals surface area contributed by atoms with Crippen LogP contribution in [0, 0.1) is 5.82 Å². The Kier molecular flexibility index (Phi) is 5.46. The molecule has 0 unspecified atom stereocenters. The van der Waals surface area contributed by atoms with Crippen molar-refractivity contribution in [3.05, 3.63) is 78.6 Å². The third kappa shape index (κ3) is 4.01. The molecule has 1 fully saturated rings. The lowest BCUT2D eigenvalue weighted by atomic mass is 10.2. The number of piperazine rings is 1. The molecule has 0 amide bonds. The van der Waals surface area contributed by atoms with E-state index in [4.69, 9.17) is 14.7 Å². The van der Waals surface area contributed by atoms with Crippen LogP contribution in [-0.4, -0.2) is 43.3 Å². The lowest BCUT2D eigenvalue weighted by Gasteiger charge is -2.36. The van der Waals surface area contributed by atoms with E-state index in [1.807, 2.05) is 60.7 Å². The Bertz CT molecular complexity index is 1220. The molecule has 6 nitrogen and oxygen atoms in total. The fourth-order valence-electron chi connectivity index (χ4n) is 3.97. The van der Waals surface area contributed by atoms with Crippen molar-refractivity contribution in [2.75, 3.05) is 48.4 Å². The maximum absolute atomic E-state index is 14.2. The number of benzene rings is 3. The zero-order valence-corrected chi connectivity index (χ0v) is 17.8. The quantitative estimate of drug-likeness (QED) is 0.490. The first-order valence-electron chi connectivity index (χ1n) is 10.6. The highest BCUT2D eigenvalue weighted by Gasteiger charge is 2.22. The van der Waals surface area contributed by atoms with Crippen molar-refractivity contribution in [1.29, 1.82) is 0 Å². The minimum absolute atomic E-state index is 0.186. The molecule has 0 saturated carbocycles. The van der Waals surface area contributed by atoms with Crippen LogP contribution in [0.1, 0.15) is 0 Å². The molecule has 5 rings (SSSR count). The van der Waals surface area contributed by atoms with E-state index in [1.54, 1.807) is 13.2 Å². The normalized spacial score (nSPS) is 13.9. The van der Waals surface area contributed by atoms with Gasteiger partial charge in [-0.1, -0.05) is 24.3 Å². The molecule has 0 radical (unpaired) electrons. The second-order valence-corrected chi connectivity index (χ2v) is 7.67. The molecule has 2 heterocycles. The van der Waals surface area contributed by atoms with E-state index in [0.29, 0.717) is 37.8 Å². The molecule has 1 N–H and O–H groups in total. The summed E-state index contributed by atoms with van der Waals surface area (Å²) >= 11 is 0. The number of hydrogen-bond donors (Lipinski definition) is 1. The molecule has 3 aromatic carbocycles. The van der Waals surface area contributed by atoms with E-state index in [1.165, 1.54) is 6.07 Å². The first-order valence-corrected chi connectivity index (χ1v) is 10.6. The summed E-state index contributed by atoms with van der Waals surface area (Å²) in [6.07, 6.45) is 0. The van der Waals surface area contributed by atoms with Crippen LogP contribution in [0.2, 0.25) is 0 Å². The molecular weight excluding hydrogens is 405 g/mol. The van der Waals surface area contributed by atoms with E-state index in [9.17, 15) is 4.39 Å². The number of ether oxygens (including phenoxy) is 1. The number of fused-ring (bicyclic) bond motifs is 1. The van der Waals surface area contributed by atoms with Gasteiger partial charge in [-0.25, -0.2) is 9.37 Å². The predicted molar refractivity (Wildman–Crippen MR) is 127 cm³/mol. The average Bonchev–Trinajstić information content (AvgIpc) is 2.85. The van der Waals surface area contributed by atoms with Crippen LogP contribution in [0.25, 0.3) is 10.9 Å². The van der Waals surface area contributed by atoms with E-state index in [0.717, 1.165) is 28.2 Å². The molecule has 162 valence electrons. The van der Waals surface area contributed by atoms with Crippen molar-refractivity contribution >= 4 is 34.0 Å². The largest absolute Gasteiger partial charge is 0.497 e. The Labute approximate surface area is 186 Å². The summed E-state index contributed by atoms with van der Waals surface area (Å²) in [5, 5.41) is 4.38. The van der Waals surface area contributed by atoms with E-state index in [-0.39, 0.29) is 5.82 Å². The summed E-state index contributed by atoms with van der Waals surface area (Å²) in [6, 6.07) is 22.6. The zero-order chi connectivity index (χ0) is 21.9. The highest BCUT2D eigenvalue weighted by Crippen LogP contribution is 2.28. The third-order valence-corrected chi connectivity index (χ3v) is 5.70. The molecule has 1 saturated heterocycles. The number of aromatic nitrogens is 2. The van der Waals surface area contributed by atoms with Crippen molar-refractivity contribution in [3.8, 4) is 5.75 Å². The fraction of sp³-hybridized carbons (Fsp3) is 0.200. The fourth-order valence-corrected chi connectivity index (χ4v) is 3.97. The van der Waals surface area contributed by atoms with Gasteiger partial charge in [0, 0.05) is 37.3 Å². The number of anilines is 4. The number of nitrogens with one attached hydrogen (secondary N) is 1. The van der Waals surface area contributed by atoms with E-state index in [2.05, 4.69) is 15.1 Å². The number of rotatable bonds is 5. The Balaban J connectivity index is 1.40. The Hall–Kier alpha value is -3.87. The maximum atomic E-state index is 14.2. The van der Waals surface area contributed by atoms with Gasteiger partial charge in [-0.05, 0) is 48.5 Å². The first kappa shape index (κ1) is 20.1. The predicted octanol–water partition coefficient (Wildman–Crippen LogP) is 4.85. The maximum Gasteiger partial charge on any atom is 0.228 e. The van der Waals surface area contributed by atoms with Crippen LogP contribution in [0.5, 0.6) is 5.75 Å². The summed E-state index contributed by atoms with van der Waals surface area (Å²) in [6.45, 7) is 2.85. The molecule has 0 spiro atoms. The molecule has 0 bridgehead atoms. The van der Waals surface area contributed by atoms with Crippen molar-refractivity contribution in [1.82, 2.24) is 9.97 Å².